The van der Waals surface area contributed by atoms with Crippen molar-refractivity contribution in [2.45, 2.75) is 50.4 Å². The van der Waals surface area contributed by atoms with Crippen molar-refractivity contribution < 1.29 is 18.0 Å². The zero-order chi connectivity index (χ0) is 19.2. The Hall–Kier alpha value is -1.10. The summed E-state index contributed by atoms with van der Waals surface area (Å²) in [5.74, 6) is 0.596. The number of hydrogen-bond acceptors (Lipinski definition) is 5. The first kappa shape index (κ1) is 19.2. The molecule has 4 unspecified atom stereocenters. The van der Waals surface area contributed by atoms with Crippen LogP contribution >= 0.6 is 0 Å². The van der Waals surface area contributed by atoms with Gasteiger partial charge in [-0.1, -0.05) is 13.3 Å². The van der Waals surface area contributed by atoms with Crippen LogP contribution in [0.5, 0.6) is 0 Å². The first-order valence-electron chi connectivity index (χ1n) is 9.94. The third-order valence-electron chi connectivity index (χ3n) is 6.65. The molecule has 0 aliphatic carbocycles. The van der Waals surface area contributed by atoms with Gasteiger partial charge >= 0.3 is 12.2 Å². The predicted octanol–water partition coefficient (Wildman–Crippen LogP) is 0.107. The summed E-state index contributed by atoms with van der Waals surface area (Å²) in [7, 11) is 0. The second kappa shape index (κ2) is 7.38. The molecular weight excluding hydrogens is 361 g/mol. The summed E-state index contributed by atoms with van der Waals surface area (Å²) < 4.78 is 37.3. The van der Waals surface area contributed by atoms with Crippen molar-refractivity contribution in [3.05, 3.63) is 0 Å². The number of carbonyl (C=O) groups excluding carboxylic acids is 1. The molecule has 27 heavy (non-hydrogen) atoms. The molecule has 4 aliphatic heterocycles. The third kappa shape index (κ3) is 3.76. The van der Waals surface area contributed by atoms with Crippen molar-refractivity contribution in [2.75, 3.05) is 39.3 Å². The summed E-state index contributed by atoms with van der Waals surface area (Å²) in [4.78, 5) is 16.4. The lowest BCUT2D eigenvalue weighted by atomic mass is 9.86. The van der Waals surface area contributed by atoms with Crippen LogP contribution < -0.4 is 21.3 Å². The maximum atomic E-state index is 12.4. The summed E-state index contributed by atoms with van der Waals surface area (Å²) >= 11 is 0. The predicted molar refractivity (Wildman–Crippen MR) is 93.9 cm³/mol. The minimum atomic E-state index is -4.38. The Morgan fingerprint density at radius 3 is 2.70 bits per heavy atom. The molecule has 4 heterocycles. The smallest absolute Gasteiger partial charge is 0.329 e. The van der Waals surface area contributed by atoms with Crippen LogP contribution in [0.3, 0.4) is 0 Å². The number of urea groups is 1. The van der Waals surface area contributed by atoms with Gasteiger partial charge in [-0.2, -0.15) is 13.2 Å². The highest BCUT2D eigenvalue weighted by Crippen LogP contribution is 2.36. The van der Waals surface area contributed by atoms with E-state index < -0.39 is 18.8 Å². The van der Waals surface area contributed by atoms with Crippen molar-refractivity contribution in [1.82, 2.24) is 31.1 Å². The normalized spacial score (nSPS) is 39.5. The molecule has 4 rings (SSSR count). The lowest BCUT2D eigenvalue weighted by molar-refractivity contribution is -0.123. The van der Waals surface area contributed by atoms with E-state index in [1.54, 1.807) is 4.90 Å². The second-order valence-electron chi connectivity index (χ2n) is 8.15. The molecule has 0 radical (unpaired) electrons. The maximum absolute atomic E-state index is 12.4. The molecule has 154 valence electrons. The first-order valence-corrected chi connectivity index (χ1v) is 9.94. The number of nitrogens with one attached hydrogen (secondary N) is 4. The van der Waals surface area contributed by atoms with E-state index >= 15 is 0 Å². The topological polar surface area (TPSA) is 71.7 Å². The fourth-order valence-electron chi connectivity index (χ4n) is 5.40. The standard InChI is InChI=1S/C17H29F3N6O/c1-2-10-7-25(16(27)24-9-17(18,19)20)8-11(10)13-5-22-14-6-23-15-12(26(13)14)3-4-21-15/h10-15,21-23H,2-9H2,1H3,(H,24,27)/t10-,11+,12?,13?,14?,15?/m1/s1. The van der Waals surface area contributed by atoms with Crippen LogP contribution in [0.1, 0.15) is 19.8 Å². The van der Waals surface area contributed by atoms with Crippen molar-refractivity contribution in [2.24, 2.45) is 11.8 Å². The number of alkyl halides is 3. The molecule has 4 fully saturated rings. The molecule has 0 aromatic carbocycles. The molecule has 10 heteroatoms. The average molecular weight is 390 g/mol. The van der Waals surface area contributed by atoms with Crippen LogP contribution in [0.25, 0.3) is 0 Å². The number of nitrogens with zero attached hydrogens (tertiary/aromatic N) is 2. The van der Waals surface area contributed by atoms with Crippen LogP contribution in [0, 0.1) is 11.8 Å². The number of carbonyl (C=O) groups is 1. The fourth-order valence-corrected chi connectivity index (χ4v) is 5.40. The van der Waals surface area contributed by atoms with Crippen molar-refractivity contribution in [3.63, 3.8) is 0 Å². The van der Waals surface area contributed by atoms with Gasteiger partial charge in [-0.15, -0.1) is 0 Å². The van der Waals surface area contributed by atoms with Gasteiger partial charge in [0.2, 0.25) is 0 Å². The highest BCUT2D eigenvalue weighted by molar-refractivity contribution is 5.74. The summed E-state index contributed by atoms with van der Waals surface area (Å²) in [6, 6.07) is 0.140. The molecule has 2 amide bonds. The quantitative estimate of drug-likeness (QED) is 0.551. The Morgan fingerprint density at radius 2 is 1.96 bits per heavy atom. The van der Waals surface area contributed by atoms with Crippen LogP contribution in [-0.4, -0.2) is 85.7 Å². The average Bonchev–Trinajstić information content (AvgIpc) is 3.33. The van der Waals surface area contributed by atoms with E-state index in [0.29, 0.717) is 43.4 Å². The molecule has 6 atom stereocenters. The zero-order valence-electron chi connectivity index (χ0n) is 15.6. The lowest BCUT2D eigenvalue weighted by Gasteiger charge is -2.44. The molecule has 0 bridgehead atoms. The first-order chi connectivity index (χ1) is 12.9. The van der Waals surface area contributed by atoms with Gasteiger partial charge in [0.15, 0.2) is 0 Å². The largest absolute Gasteiger partial charge is 0.405 e. The SMILES string of the molecule is CC[C@@H]1CN(C(=O)NCC(F)(F)F)C[C@@H]1C1CNC2CNC3NCCC3N21. The molecule has 0 spiro atoms. The van der Waals surface area contributed by atoms with Crippen LogP contribution in [0.2, 0.25) is 0 Å². The minimum Gasteiger partial charge on any atom is -0.329 e. The number of piperazine rings is 1. The maximum Gasteiger partial charge on any atom is 0.405 e. The van der Waals surface area contributed by atoms with Crippen LogP contribution in [0.15, 0.2) is 0 Å². The number of hydrogen-bond donors (Lipinski definition) is 4. The number of fused-ring (bicyclic) bond motifs is 3. The van der Waals surface area contributed by atoms with Crippen molar-refractivity contribution in [3.8, 4) is 0 Å². The van der Waals surface area contributed by atoms with Gasteiger partial charge in [-0.3, -0.25) is 15.5 Å². The number of rotatable bonds is 3. The van der Waals surface area contributed by atoms with Gasteiger partial charge in [0.1, 0.15) is 6.54 Å². The van der Waals surface area contributed by atoms with Gasteiger partial charge in [0.05, 0.1) is 12.3 Å². The van der Waals surface area contributed by atoms with Gasteiger partial charge in [0.25, 0.3) is 0 Å². The third-order valence-corrected chi connectivity index (χ3v) is 6.65. The van der Waals surface area contributed by atoms with Crippen LogP contribution in [-0.2, 0) is 0 Å². The van der Waals surface area contributed by atoms with Gasteiger partial charge < -0.3 is 15.5 Å². The monoisotopic (exact) mass is 390 g/mol. The molecular formula is C17H29F3N6O. The van der Waals surface area contributed by atoms with Crippen LogP contribution in [0.4, 0.5) is 18.0 Å². The van der Waals surface area contributed by atoms with E-state index in [-0.39, 0.29) is 5.92 Å². The molecule has 0 saturated carbocycles. The Morgan fingerprint density at radius 1 is 1.15 bits per heavy atom. The van der Waals surface area contributed by atoms with Crippen molar-refractivity contribution >= 4 is 6.03 Å². The summed E-state index contributed by atoms with van der Waals surface area (Å²) in [6.07, 6.45) is -1.77. The Kier molecular flexibility index (Phi) is 5.26. The Bertz CT molecular complexity index is 561. The second-order valence-corrected chi connectivity index (χ2v) is 8.15. The fraction of sp³-hybridized carbons (Fsp3) is 0.941. The van der Waals surface area contributed by atoms with E-state index in [1.165, 1.54) is 0 Å². The van der Waals surface area contributed by atoms with Gasteiger partial charge in [-0.05, 0) is 24.8 Å². The highest BCUT2D eigenvalue weighted by Gasteiger charge is 2.51. The number of amides is 2. The zero-order valence-corrected chi connectivity index (χ0v) is 15.6. The summed E-state index contributed by atoms with van der Waals surface area (Å²) in [5.41, 5.74) is 0. The summed E-state index contributed by atoms with van der Waals surface area (Å²) in [5, 5.41) is 12.7. The molecule has 0 aromatic rings. The highest BCUT2D eigenvalue weighted by atomic mass is 19.4. The molecule has 4 N–H and O–H groups in total. The van der Waals surface area contributed by atoms with E-state index in [1.807, 2.05) is 5.32 Å². The Labute approximate surface area is 157 Å². The molecule has 4 saturated heterocycles. The van der Waals surface area contributed by atoms with Crippen molar-refractivity contribution in [1.29, 1.82) is 0 Å². The minimum absolute atomic E-state index is 0.281. The van der Waals surface area contributed by atoms with Gasteiger partial charge in [-0.25, -0.2) is 4.79 Å². The van der Waals surface area contributed by atoms with E-state index in [0.717, 1.165) is 32.5 Å². The molecule has 7 nitrogen and oxygen atoms in total. The molecule has 0 aromatic heterocycles. The summed E-state index contributed by atoms with van der Waals surface area (Å²) in [6.45, 7) is 4.63. The van der Waals surface area contributed by atoms with E-state index in [4.69, 9.17) is 0 Å². The van der Waals surface area contributed by atoms with E-state index in [9.17, 15) is 18.0 Å². The van der Waals surface area contributed by atoms with E-state index in [2.05, 4.69) is 27.8 Å². The Balaban J connectivity index is 1.44. The molecule has 4 aliphatic rings. The van der Waals surface area contributed by atoms with Gasteiger partial charge in [0, 0.05) is 38.3 Å². The number of likely N-dealkylation sites (tertiary alicyclic amines) is 1. The number of halogens is 3. The lowest BCUT2D eigenvalue weighted by Crippen LogP contribution is -2.65.